The lowest BCUT2D eigenvalue weighted by atomic mass is 10.1. The molecule has 1 heterocycles. The van der Waals surface area contributed by atoms with Crippen LogP contribution in [0.1, 0.15) is 32.4 Å². The molecule has 0 bridgehead atoms. The minimum absolute atomic E-state index is 0.145. The molecule has 0 spiro atoms. The monoisotopic (exact) mass is 392 g/mol. The van der Waals surface area contributed by atoms with Crippen molar-refractivity contribution >= 4 is 17.6 Å². The summed E-state index contributed by atoms with van der Waals surface area (Å²) in [7, 11) is 1.43. The van der Waals surface area contributed by atoms with Crippen LogP contribution >= 0.6 is 0 Å². The van der Waals surface area contributed by atoms with E-state index in [4.69, 9.17) is 9.47 Å². The molecule has 0 fully saturated rings. The van der Waals surface area contributed by atoms with Gasteiger partial charge in [0, 0.05) is 5.69 Å². The number of nitrogens with one attached hydrogen (secondary N) is 2. The van der Waals surface area contributed by atoms with Gasteiger partial charge in [-0.1, -0.05) is 30.3 Å². The number of esters is 1. The predicted molar refractivity (Wildman–Crippen MR) is 105 cm³/mol. The number of halogens is 1. The number of anilines is 1. The van der Waals surface area contributed by atoms with Crippen LogP contribution in [-0.4, -0.2) is 19.0 Å². The number of benzene rings is 3. The van der Waals surface area contributed by atoms with Crippen molar-refractivity contribution in [1.82, 2.24) is 5.32 Å². The Labute approximate surface area is 166 Å². The fourth-order valence-electron chi connectivity index (χ4n) is 3.10. The molecule has 3 aromatic rings. The summed E-state index contributed by atoms with van der Waals surface area (Å²) in [5, 5.41) is 6.11. The van der Waals surface area contributed by atoms with E-state index in [1.165, 1.54) is 25.3 Å². The number of hydrogen-bond acceptors (Lipinski definition) is 5. The molecular formula is C22H17FN2O4. The van der Waals surface area contributed by atoms with E-state index in [1.54, 1.807) is 36.4 Å². The Kier molecular flexibility index (Phi) is 4.87. The van der Waals surface area contributed by atoms with E-state index >= 15 is 0 Å². The van der Waals surface area contributed by atoms with Gasteiger partial charge in [0.2, 0.25) is 0 Å². The minimum atomic E-state index is -0.827. The van der Waals surface area contributed by atoms with Crippen molar-refractivity contribution < 1.29 is 23.5 Å². The maximum atomic E-state index is 13.8. The van der Waals surface area contributed by atoms with Gasteiger partial charge in [-0.15, -0.1) is 0 Å². The van der Waals surface area contributed by atoms with Crippen LogP contribution < -0.4 is 20.1 Å². The summed E-state index contributed by atoms with van der Waals surface area (Å²) in [6.07, 6.45) is -0.484. The highest BCUT2D eigenvalue weighted by atomic mass is 19.1. The summed E-state index contributed by atoms with van der Waals surface area (Å²) in [6, 6.07) is 17.7. The highest BCUT2D eigenvalue weighted by Gasteiger charge is 2.25. The molecule has 0 saturated heterocycles. The van der Waals surface area contributed by atoms with E-state index in [0.717, 1.165) is 5.69 Å². The van der Waals surface area contributed by atoms with E-state index in [2.05, 4.69) is 10.6 Å². The van der Waals surface area contributed by atoms with Crippen molar-refractivity contribution in [1.29, 1.82) is 0 Å². The van der Waals surface area contributed by atoms with Crippen LogP contribution in [0.3, 0.4) is 0 Å². The lowest BCUT2D eigenvalue weighted by Gasteiger charge is -2.28. The summed E-state index contributed by atoms with van der Waals surface area (Å²) in [4.78, 5) is 24.6. The van der Waals surface area contributed by atoms with Crippen LogP contribution in [-0.2, 0) is 0 Å². The van der Waals surface area contributed by atoms with Gasteiger partial charge < -0.3 is 20.1 Å². The number of ether oxygens (including phenoxy) is 2. The number of para-hydroxylation sites is 1. The average Bonchev–Trinajstić information content (AvgIpc) is 2.74. The maximum Gasteiger partial charge on any atom is 0.346 e. The average molecular weight is 392 g/mol. The summed E-state index contributed by atoms with van der Waals surface area (Å²) in [6.45, 7) is 0. The van der Waals surface area contributed by atoms with Crippen LogP contribution in [0.15, 0.2) is 66.7 Å². The molecule has 3 aromatic carbocycles. The molecule has 1 aliphatic rings. The van der Waals surface area contributed by atoms with Crippen LogP contribution in [0.25, 0.3) is 0 Å². The molecule has 4 rings (SSSR count). The largest absolute Gasteiger partial charge is 0.493 e. The molecule has 146 valence electrons. The Bertz CT molecular complexity index is 1100. The number of amides is 1. The molecule has 1 aliphatic heterocycles. The third kappa shape index (κ3) is 3.62. The fourth-order valence-corrected chi connectivity index (χ4v) is 3.10. The summed E-state index contributed by atoms with van der Waals surface area (Å²) < 4.78 is 24.4. The normalized spacial score (nSPS) is 15.0. The van der Waals surface area contributed by atoms with E-state index in [9.17, 15) is 14.0 Å². The number of fused-ring (bicyclic) bond motifs is 1. The molecule has 0 aliphatic carbocycles. The number of methoxy groups -OCH3 is 1. The zero-order valence-corrected chi connectivity index (χ0v) is 15.4. The van der Waals surface area contributed by atoms with Gasteiger partial charge in [0.15, 0.2) is 11.5 Å². The third-order valence-corrected chi connectivity index (χ3v) is 4.56. The van der Waals surface area contributed by atoms with Gasteiger partial charge in [0.05, 0.1) is 18.2 Å². The van der Waals surface area contributed by atoms with Gasteiger partial charge in [-0.05, 0) is 42.0 Å². The molecule has 0 aromatic heterocycles. The van der Waals surface area contributed by atoms with Gasteiger partial charge in [-0.2, -0.15) is 0 Å². The van der Waals surface area contributed by atoms with Crippen molar-refractivity contribution in [2.45, 2.75) is 6.17 Å². The van der Waals surface area contributed by atoms with Crippen LogP contribution in [0.4, 0.5) is 10.1 Å². The molecular weight excluding hydrogens is 375 g/mol. The fraction of sp³-hybridized carbons (Fsp3) is 0.0909. The second kappa shape index (κ2) is 7.63. The zero-order chi connectivity index (χ0) is 20.4. The number of rotatable bonds is 4. The van der Waals surface area contributed by atoms with Gasteiger partial charge in [0.1, 0.15) is 12.0 Å². The van der Waals surface area contributed by atoms with E-state index in [1.807, 2.05) is 12.1 Å². The number of hydrogen-bond donors (Lipinski definition) is 2. The van der Waals surface area contributed by atoms with E-state index < -0.39 is 18.0 Å². The standard InChI is InChI=1S/C22H17FN2O4/c1-28-19-12-13(20-24-17-9-5-3-7-15(17)21(26)25-20)10-11-18(19)29-22(27)14-6-2-4-8-16(14)23/h2-12,20,24H,1H3,(H,25,26)/t20-/m0/s1. The first kappa shape index (κ1) is 18.5. The third-order valence-electron chi connectivity index (χ3n) is 4.56. The maximum absolute atomic E-state index is 13.8. The van der Waals surface area contributed by atoms with Gasteiger partial charge in [-0.3, -0.25) is 4.79 Å². The molecule has 2 N–H and O–H groups in total. The lowest BCUT2D eigenvalue weighted by molar-refractivity contribution is 0.0724. The summed E-state index contributed by atoms with van der Waals surface area (Å²) in [5.41, 5.74) is 1.81. The van der Waals surface area contributed by atoms with Gasteiger partial charge in [-0.25, -0.2) is 9.18 Å². The minimum Gasteiger partial charge on any atom is -0.493 e. The topological polar surface area (TPSA) is 76.7 Å². The van der Waals surface area contributed by atoms with E-state index in [-0.39, 0.29) is 23.0 Å². The Morgan fingerprint density at radius 2 is 1.72 bits per heavy atom. The molecule has 0 saturated carbocycles. The Balaban J connectivity index is 1.58. The Hall–Kier alpha value is -3.87. The Morgan fingerprint density at radius 3 is 2.52 bits per heavy atom. The van der Waals surface area contributed by atoms with E-state index in [0.29, 0.717) is 11.1 Å². The highest BCUT2D eigenvalue weighted by Crippen LogP contribution is 2.33. The van der Waals surface area contributed by atoms with Gasteiger partial charge in [0.25, 0.3) is 5.91 Å². The number of carbonyl (C=O) groups excluding carboxylic acids is 2. The summed E-state index contributed by atoms with van der Waals surface area (Å²) >= 11 is 0. The lowest BCUT2D eigenvalue weighted by Crippen LogP contribution is -2.38. The van der Waals surface area contributed by atoms with Crippen LogP contribution in [0.5, 0.6) is 11.5 Å². The van der Waals surface area contributed by atoms with Crippen LogP contribution in [0, 0.1) is 5.82 Å². The molecule has 7 heteroatoms. The second-order valence-electron chi connectivity index (χ2n) is 6.38. The van der Waals surface area contributed by atoms with Crippen molar-refractivity contribution in [3.63, 3.8) is 0 Å². The molecule has 0 unspecified atom stereocenters. The quantitative estimate of drug-likeness (QED) is 0.520. The van der Waals surface area contributed by atoms with Crippen molar-refractivity contribution in [3.05, 3.63) is 89.2 Å². The smallest absolute Gasteiger partial charge is 0.346 e. The van der Waals surface area contributed by atoms with Crippen molar-refractivity contribution in [2.75, 3.05) is 12.4 Å². The molecule has 1 atom stereocenters. The highest BCUT2D eigenvalue weighted by molar-refractivity contribution is 6.01. The molecule has 6 nitrogen and oxygen atoms in total. The van der Waals surface area contributed by atoms with Crippen molar-refractivity contribution in [2.24, 2.45) is 0 Å². The predicted octanol–water partition coefficient (Wildman–Crippen LogP) is 3.91. The van der Waals surface area contributed by atoms with Crippen LogP contribution in [0.2, 0.25) is 0 Å². The number of carbonyl (C=O) groups is 2. The molecule has 1 amide bonds. The first-order valence-corrected chi connectivity index (χ1v) is 8.88. The SMILES string of the molecule is COc1cc([C@@H]2NC(=O)c3ccccc3N2)ccc1OC(=O)c1ccccc1F. The molecule has 29 heavy (non-hydrogen) atoms. The van der Waals surface area contributed by atoms with Gasteiger partial charge >= 0.3 is 5.97 Å². The zero-order valence-electron chi connectivity index (χ0n) is 15.4. The second-order valence-corrected chi connectivity index (χ2v) is 6.38. The van der Waals surface area contributed by atoms with Crippen molar-refractivity contribution in [3.8, 4) is 11.5 Å². The molecule has 0 radical (unpaired) electrons. The summed E-state index contributed by atoms with van der Waals surface area (Å²) in [5.74, 6) is -1.26. The Morgan fingerprint density at radius 1 is 0.966 bits per heavy atom. The first-order chi connectivity index (χ1) is 14.1. The first-order valence-electron chi connectivity index (χ1n) is 8.88.